The van der Waals surface area contributed by atoms with Crippen molar-refractivity contribution in [3.8, 4) is 11.5 Å². The summed E-state index contributed by atoms with van der Waals surface area (Å²) in [7, 11) is 3.06. The third-order valence-corrected chi connectivity index (χ3v) is 3.33. The molecule has 1 unspecified atom stereocenters. The Morgan fingerprint density at radius 3 is 2.60 bits per heavy atom. The minimum absolute atomic E-state index is 0.153. The number of anilines is 1. The minimum atomic E-state index is -0.747. The number of carbonyl (C=O) groups is 1. The lowest BCUT2D eigenvalue weighted by Gasteiger charge is -2.21. The van der Waals surface area contributed by atoms with Gasteiger partial charge in [0.1, 0.15) is 17.3 Å². The maximum Gasteiger partial charge on any atom is 0.321 e. The van der Waals surface area contributed by atoms with Crippen molar-refractivity contribution in [2.75, 3.05) is 32.6 Å². The van der Waals surface area contributed by atoms with Crippen LogP contribution in [0.3, 0.4) is 0 Å². The van der Waals surface area contributed by atoms with E-state index < -0.39 is 6.10 Å². The molecule has 0 aliphatic heterocycles. The van der Waals surface area contributed by atoms with Crippen molar-refractivity contribution < 1.29 is 23.8 Å². The van der Waals surface area contributed by atoms with Crippen LogP contribution in [-0.4, -0.2) is 49.5 Å². The van der Waals surface area contributed by atoms with Crippen LogP contribution in [0, 0.1) is 5.82 Å². The highest BCUT2D eigenvalue weighted by Gasteiger charge is 2.13. The van der Waals surface area contributed by atoms with Gasteiger partial charge in [-0.25, -0.2) is 9.18 Å². The zero-order chi connectivity index (χ0) is 18.2. The normalized spacial score (nSPS) is 11.7. The Morgan fingerprint density at radius 1 is 1.24 bits per heavy atom. The van der Waals surface area contributed by atoms with Crippen molar-refractivity contribution in [2.45, 2.75) is 6.10 Å². The maximum atomic E-state index is 13.1. The lowest BCUT2D eigenvalue weighted by molar-refractivity contribution is 0.0501. The van der Waals surface area contributed by atoms with Gasteiger partial charge in [-0.2, -0.15) is 0 Å². The topological polar surface area (TPSA) is 71.0 Å². The second kappa shape index (κ2) is 9.00. The van der Waals surface area contributed by atoms with Gasteiger partial charge >= 0.3 is 6.03 Å². The molecule has 2 rings (SSSR count). The van der Waals surface area contributed by atoms with Crippen molar-refractivity contribution in [3.05, 3.63) is 54.3 Å². The molecule has 0 aromatic heterocycles. The Bertz CT molecular complexity index is 694. The first-order valence-electron chi connectivity index (χ1n) is 7.70. The van der Waals surface area contributed by atoms with Crippen LogP contribution in [0.5, 0.6) is 11.5 Å². The third-order valence-electron chi connectivity index (χ3n) is 3.33. The number of benzene rings is 2. The largest absolute Gasteiger partial charge is 0.457 e. The van der Waals surface area contributed by atoms with E-state index >= 15 is 0 Å². The Kier molecular flexibility index (Phi) is 6.73. The van der Waals surface area contributed by atoms with Gasteiger partial charge in [0.2, 0.25) is 0 Å². The van der Waals surface area contributed by atoms with E-state index in [0.29, 0.717) is 17.2 Å². The lowest BCUT2D eigenvalue weighted by atomic mass is 10.3. The molecule has 1 atom stereocenters. The summed E-state index contributed by atoms with van der Waals surface area (Å²) >= 11 is 0. The van der Waals surface area contributed by atoms with Crippen molar-refractivity contribution >= 4 is 11.7 Å². The molecule has 0 radical (unpaired) electrons. The van der Waals surface area contributed by atoms with Crippen LogP contribution >= 0.6 is 0 Å². The molecule has 0 bridgehead atoms. The highest BCUT2D eigenvalue weighted by molar-refractivity contribution is 5.89. The van der Waals surface area contributed by atoms with Gasteiger partial charge in [-0.1, -0.05) is 6.07 Å². The molecule has 2 aromatic carbocycles. The number of methoxy groups -OCH3 is 1. The highest BCUT2D eigenvalue weighted by Crippen LogP contribution is 2.23. The molecule has 134 valence electrons. The smallest absolute Gasteiger partial charge is 0.321 e. The number of urea groups is 1. The maximum absolute atomic E-state index is 13.1. The average Bonchev–Trinajstić information content (AvgIpc) is 2.57. The van der Waals surface area contributed by atoms with Crippen molar-refractivity contribution in [3.63, 3.8) is 0 Å². The first-order chi connectivity index (χ1) is 12.0. The first-order valence-corrected chi connectivity index (χ1v) is 7.70. The number of hydrogen-bond donors (Lipinski definition) is 2. The number of hydrogen-bond acceptors (Lipinski definition) is 4. The van der Waals surface area contributed by atoms with Gasteiger partial charge in [0.15, 0.2) is 0 Å². The van der Waals surface area contributed by atoms with Gasteiger partial charge in [-0.15, -0.1) is 0 Å². The number of rotatable bonds is 7. The molecule has 25 heavy (non-hydrogen) atoms. The van der Waals surface area contributed by atoms with E-state index in [1.54, 1.807) is 43.4 Å². The molecule has 7 heteroatoms. The Hall–Kier alpha value is -2.64. The van der Waals surface area contributed by atoms with Gasteiger partial charge in [0.05, 0.1) is 19.3 Å². The minimum Gasteiger partial charge on any atom is -0.457 e. The number of nitrogens with one attached hydrogen (secondary N) is 1. The number of carbonyl (C=O) groups excluding carboxylic acids is 1. The van der Waals surface area contributed by atoms with E-state index in [9.17, 15) is 14.3 Å². The van der Waals surface area contributed by atoms with Crippen LogP contribution in [0.4, 0.5) is 14.9 Å². The van der Waals surface area contributed by atoms with E-state index in [1.807, 2.05) is 0 Å². The summed E-state index contributed by atoms with van der Waals surface area (Å²) < 4.78 is 23.5. The van der Waals surface area contributed by atoms with Crippen LogP contribution in [-0.2, 0) is 4.74 Å². The summed E-state index contributed by atoms with van der Waals surface area (Å²) in [5.41, 5.74) is 0.574. The summed E-state index contributed by atoms with van der Waals surface area (Å²) in [5, 5.41) is 12.3. The van der Waals surface area contributed by atoms with E-state index in [2.05, 4.69) is 5.32 Å². The second-order valence-electron chi connectivity index (χ2n) is 5.50. The number of ether oxygens (including phenoxy) is 2. The van der Waals surface area contributed by atoms with Gasteiger partial charge < -0.3 is 24.8 Å². The van der Waals surface area contributed by atoms with Crippen LogP contribution in [0.25, 0.3) is 0 Å². The average molecular weight is 348 g/mol. The fraction of sp³-hybridized carbons (Fsp3) is 0.278. The van der Waals surface area contributed by atoms with Gasteiger partial charge in [-0.3, -0.25) is 0 Å². The van der Waals surface area contributed by atoms with Gasteiger partial charge in [0, 0.05) is 25.9 Å². The molecule has 2 amide bonds. The van der Waals surface area contributed by atoms with Crippen molar-refractivity contribution in [2.24, 2.45) is 0 Å². The predicted octanol–water partition coefficient (Wildman–Crippen LogP) is 3.09. The molecule has 0 aliphatic rings. The Labute approximate surface area is 145 Å². The van der Waals surface area contributed by atoms with E-state index in [0.717, 1.165) is 0 Å². The van der Waals surface area contributed by atoms with Gasteiger partial charge in [0.25, 0.3) is 0 Å². The standard InChI is InChI=1S/C18H21FN2O4/c1-21(11-15(22)12-24-2)18(23)20-14-6-8-16(9-7-14)25-17-5-3-4-13(19)10-17/h3-10,15,22H,11-12H2,1-2H3,(H,20,23). The number of amides is 2. The monoisotopic (exact) mass is 348 g/mol. The Morgan fingerprint density at radius 2 is 1.96 bits per heavy atom. The highest BCUT2D eigenvalue weighted by atomic mass is 19.1. The molecule has 0 fully saturated rings. The van der Waals surface area contributed by atoms with E-state index in [-0.39, 0.29) is 25.0 Å². The molecule has 0 saturated heterocycles. The molecule has 0 heterocycles. The number of nitrogens with zero attached hydrogens (tertiary/aromatic N) is 1. The number of likely N-dealkylation sites (N-methyl/N-ethyl adjacent to an activating group) is 1. The summed E-state index contributed by atoms with van der Waals surface area (Å²) in [6, 6.07) is 12.2. The zero-order valence-electron chi connectivity index (χ0n) is 14.1. The quantitative estimate of drug-likeness (QED) is 0.807. The first kappa shape index (κ1) is 18.7. The SMILES string of the molecule is COCC(O)CN(C)C(=O)Nc1ccc(Oc2cccc(F)c2)cc1. The fourth-order valence-corrected chi connectivity index (χ4v) is 2.14. The van der Waals surface area contributed by atoms with E-state index in [1.165, 1.54) is 24.1 Å². The molecule has 0 aliphatic carbocycles. The van der Waals surface area contributed by atoms with Crippen LogP contribution < -0.4 is 10.1 Å². The van der Waals surface area contributed by atoms with Crippen LogP contribution in [0.1, 0.15) is 0 Å². The summed E-state index contributed by atoms with van der Waals surface area (Å²) in [6.07, 6.45) is -0.747. The molecule has 2 N–H and O–H groups in total. The molecule has 0 saturated carbocycles. The van der Waals surface area contributed by atoms with Crippen molar-refractivity contribution in [1.82, 2.24) is 4.90 Å². The van der Waals surface area contributed by atoms with Gasteiger partial charge in [-0.05, 0) is 36.4 Å². The third kappa shape index (κ3) is 6.06. The molecular weight excluding hydrogens is 327 g/mol. The number of aliphatic hydroxyl groups excluding tert-OH is 1. The molecule has 2 aromatic rings. The summed E-state index contributed by atoms with van der Waals surface area (Å²) in [6.45, 7) is 0.310. The Balaban J connectivity index is 1.90. The predicted molar refractivity (Wildman–Crippen MR) is 92.4 cm³/mol. The zero-order valence-corrected chi connectivity index (χ0v) is 14.1. The second-order valence-corrected chi connectivity index (χ2v) is 5.50. The fourth-order valence-electron chi connectivity index (χ4n) is 2.14. The summed E-state index contributed by atoms with van der Waals surface area (Å²) in [4.78, 5) is 13.4. The molecule has 6 nitrogen and oxygen atoms in total. The van der Waals surface area contributed by atoms with Crippen LogP contribution in [0.15, 0.2) is 48.5 Å². The van der Waals surface area contributed by atoms with Crippen molar-refractivity contribution in [1.29, 1.82) is 0 Å². The number of halogens is 1. The van der Waals surface area contributed by atoms with E-state index in [4.69, 9.17) is 9.47 Å². The lowest BCUT2D eigenvalue weighted by Crippen LogP contribution is -2.38. The van der Waals surface area contributed by atoms with Crippen LogP contribution in [0.2, 0.25) is 0 Å². The summed E-state index contributed by atoms with van der Waals surface area (Å²) in [5.74, 6) is 0.538. The molecular formula is C18H21FN2O4. The number of aliphatic hydroxyl groups is 1. The molecule has 0 spiro atoms.